The van der Waals surface area contributed by atoms with E-state index in [1.54, 1.807) is 15.6 Å². The number of sulfonamides is 1. The van der Waals surface area contributed by atoms with Crippen LogP contribution in [0.2, 0.25) is 0 Å². The Labute approximate surface area is 122 Å². The van der Waals surface area contributed by atoms with Crippen molar-refractivity contribution in [2.75, 3.05) is 5.73 Å². The van der Waals surface area contributed by atoms with Gasteiger partial charge in [0.05, 0.1) is 0 Å². The van der Waals surface area contributed by atoms with Crippen LogP contribution in [0.1, 0.15) is 17.7 Å². The van der Waals surface area contributed by atoms with Crippen molar-refractivity contribution in [3.05, 3.63) is 40.7 Å². The molecule has 7 heteroatoms. The topological polar surface area (TPSA) is 76.3 Å². The summed E-state index contributed by atoms with van der Waals surface area (Å²) in [6, 6.07) is 7.03. The van der Waals surface area contributed by atoms with Crippen molar-refractivity contribution < 1.29 is 8.42 Å². The fraction of sp³-hybridized carbons (Fsp3) is 0.308. The molecule has 0 saturated heterocycles. The average Bonchev–Trinajstić information content (AvgIpc) is 3.12. The van der Waals surface area contributed by atoms with Crippen LogP contribution in [0.4, 0.5) is 5.82 Å². The van der Waals surface area contributed by atoms with E-state index < -0.39 is 10.0 Å². The first-order chi connectivity index (χ1) is 9.57. The average molecular weight is 309 g/mol. The van der Waals surface area contributed by atoms with Gasteiger partial charge in [-0.25, -0.2) is 13.4 Å². The van der Waals surface area contributed by atoms with E-state index in [9.17, 15) is 8.42 Å². The summed E-state index contributed by atoms with van der Waals surface area (Å²) in [5.41, 5.74) is 5.51. The minimum absolute atomic E-state index is 0.111. The standard InChI is InChI=1S/C13H15N3O2S2/c14-13-6-5-12(8-15-13)20(17,18)16(10-3-4-10)9-11-2-1-7-19-11/h1-2,5-8,10H,3-4,9H2,(H2,14,15). The molecule has 0 unspecified atom stereocenters. The number of hydrogen-bond donors (Lipinski definition) is 1. The molecule has 3 rings (SSSR count). The first kappa shape index (κ1) is 13.5. The summed E-state index contributed by atoms with van der Waals surface area (Å²) in [6.45, 7) is 0.426. The number of hydrogen-bond acceptors (Lipinski definition) is 5. The second-order valence-electron chi connectivity index (χ2n) is 4.78. The fourth-order valence-electron chi connectivity index (χ4n) is 2.01. The molecule has 0 bridgehead atoms. The number of pyridine rings is 1. The molecule has 2 N–H and O–H groups in total. The third kappa shape index (κ3) is 2.70. The quantitative estimate of drug-likeness (QED) is 0.917. The van der Waals surface area contributed by atoms with E-state index in [0.717, 1.165) is 17.7 Å². The largest absolute Gasteiger partial charge is 0.384 e. The van der Waals surface area contributed by atoms with Crippen LogP contribution < -0.4 is 5.73 Å². The summed E-state index contributed by atoms with van der Waals surface area (Å²) in [5, 5.41) is 1.96. The lowest BCUT2D eigenvalue weighted by Crippen LogP contribution is -2.32. The molecule has 0 radical (unpaired) electrons. The summed E-state index contributed by atoms with van der Waals surface area (Å²) in [4.78, 5) is 5.13. The maximum atomic E-state index is 12.7. The highest BCUT2D eigenvalue weighted by Gasteiger charge is 2.38. The SMILES string of the molecule is Nc1ccc(S(=O)(=O)N(Cc2cccs2)C2CC2)cn1. The lowest BCUT2D eigenvalue weighted by molar-refractivity contribution is 0.401. The second kappa shape index (κ2) is 5.16. The Hall–Kier alpha value is -1.44. The molecule has 1 fully saturated rings. The Kier molecular flexibility index (Phi) is 3.49. The zero-order valence-corrected chi connectivity index (χ0v) is 12.4. The zero-order valence-electron chi connectivity index (χ0n) is 10.8. The number of nitrogens with two attached hydrogens (primary N) is 1. The Morgan fingerprint density at radius 3 is 2.70 bits per heavy atom. The molecule has 20 heavy (non-hydrogen) atoms. The first-order valence-electron chi connectivity index (χ1n) is 6.33. The molecule has 0 atom stereocenters. The molecule has 0 amide bonds. The number of rotatable bonds is 5. The molecule has 1 aliphatic carbocycles. The van der Waals surface area contributed by atoms with E-state index in [4.69, 9.17) is 5.73 Å². The number of nitrogen functional groups attached to an aromatic ring is 1. The minimum Gasteiger partial charge on any atom is -0.384 e. The lowest BCUT2D eigenvalue weighted by atomic mass is 10.4. The summed E-state index contributed by atoms with van der Waals surface area (Å²) in [7, 11) is -3.51. The van der Waals surface area contributed by atoms with Crippen LogP contribution in [0.3, 0.4) is 0 Å². The van der Waals surface area contributed by atoms with Gasteiger partial charge in [-0.15, -0.1) is 11.3 Å². The first-order valence-corrected chi connectivity index (χ1v) is 8.65. The van der Waals surface area contributed by atoms with E-state index in [1.807, 2.05) is 17.5 Å². The number of aromatic nitrogens is 1. The van der Waals surface area contributed by atoms with Crippen LogP contribution in [0.25, 0.3) is 0 Å². The summed E-state index contributed by atoms with van der Waals surface area (Å²) in [6.07, 6.45) is 3.18. The number of thiophene rings is 1. The van der Waals surface area contributed by atoms with Gasteiger partial charge in [0.2, 0.25) is 10.0 Å². The zero-order chi connectivity index (χ0) is 14.2. The smallest absolute Gasteiger partial charge is 0.245 e. The Morgan fingerprint density at radius 2 is 2.15 bits per heavy atom. The van der Waals surface area contributed by atoms with Gasteiger partial charge in [0, 0.05) is 23.7 Å². The molecule has 1 aliphatic rings. The maximum absolute atomic E-state index is 12.7. The predicted molar refractivity (Wildman–Crippen MR) is 78.7 cm³/mol. The summed E-state index contributed by atoms with van der Waals surface area (Å²) in [5.74, 6) is 0.320. The monoisotopic (exact) mass is 309 g/mol. The third-order valence-corrected chi connectivity index (χ3v) is 5.95. The maximum Gasteiger partial charge on any atom is 0.245 e. The molecule has 1 saturated carbocycles. The van der Waals surface area contributed by atoms with Crippen molar-refractivity contribution in [2.24, 2.45) is 0 Å². The molecule has 0 aromatic carbocycles. The van der Waals surface area contributed by atoms with Gasteiger partial charge >= 0.3 is 0 Å². The highest BCUT2D eigenvalue weighted by atomic mass is 32.2. The van der Waals surface area contributed by atoms with Gasteiger partial charge in [-0.05, 0) is 36.4 Å². The van der Waals surface area contributed by atoms with Crippen molar-refractivity contribution in [1.82, 2.24) is 9.29 Å². The molecule has 2 aromatic heterocycles. The van der Waals surface area contributed by atoms with E-state index in [0.29, 0.717) is 12.4 Å². The van der Waals surface area contributed by atoms with Gasteiger partial charge in [0.15, 0.2) is 0 Å². The molecular weight excluding hydrogens is 294 g/mol. The van der Waals surface area contributed by atoms with Crippen LogP contribution in [0.15, 0.2) is 40.7 Å². The number of anilines is 1. The van der Waals surface area contributed by atoms with Crippen molar-refractivity contribution in [1.29, 1.82) is 0 Å². The molecule has 5 nitrogen and oxygen atoms in total. The van der Waals surface area contributed by atoms with Crippen LogP contribution in [0, 0.1) is 0 Å². The van der Waals surface area contributed by atoms with Gasteiger partial charge in [-0.3, -0.25) is 0 Å². The van der Waals surface area contributed by atoms with E-state index in [-0.39, 0.29) is 10.9 Å². The normalized spacial score (nSPS) is 15.7. The summed E-state index contributed by atoms with van der Waals surface area (Å²) < 4.78 is 27.0. The van der Waals surface area contributed by atoms with Gasteiger partial charge in [0.25, 0.3) is 0 Å². The summed E-state index contributed by atoms with van der Waals surface area (Å²) >= 11 is 1.57. The highest BCUT2D eigenvalue weighted by Crippen LogP contribution is 2.34. The van der Waals surface area contributed by atoms with Crippen LogP contribution in [-0.4, -0.2) is 23.7 Å². The van der Waals surface area contributed by atoms with Crippen LogP contribution >= 0.6 is 11.3 Å². The van der Waals surface area contributed by atoms with Crippen LogP contribution in [-0.2, 0) is 16.6 Å². The molecule has 106 valence electrons. The number of nitrogens with zero attached hydrogens (tertiary/aromatic N) is 2. The van der Waals surface area contributed by atoms with Crippen LogP contribution in [0.5, 0.6) is 0 Å². The van der Waals surface area contributed by atoms with E-state index in [2.05, 4.69) is 4.98 Å². The predicted octanol–water partition coefficient (Wildman–Crippen LogP) is 2.08. The fourth-order valence-corrected chi connectivity index (χ4v) is 4.40. The highest BCUT2D eigenvalue weighted by molar-refractivity contribution is 7.89. The molecule has 2 heterocycles. The molecular formula is C13H15N3O2S2. The van der Waals surface area contributed by atoms with Crippen molar-refractivity contribution in [3.8, 4) is 0 Å². The second-order valence-corrected chi connectivity index (χ2v) is 7.70. The Bertz CT molecular complexity index is 677. The van der Waals surface area contributed by atoms with Gasteiger partial charge in [-0.2, -0.15) is 4.31 Å². The third-order valence-electron chi connectivity index (χ3n) is 3.21. The van der Waals surface area contributed by atoms with Crippen molar-refractivity contribution in [2.45, 2.75) is 30.3 Å². The lowest BCUT2D eigenvalue weighted by Gasteiger charge is -2.21. The van der Waals surface area contributed by atoms with Gasteiger partial charge in [0.1, 0.15) is 10.7 Å². The van der Waals surface area contributed by atoms with Crippen molar-refractivity contribution in [3.63, 3.8) is 0 Å². The van der Waals surface area contributed by atoms with E-state index in [1.165, 1.54) is 18.3 Å². The Balaban J connectivity index is 1.91. The molecule has 0 spiro atoms. The van der Waals surface area contributed by atoms with Crippen molar-refractivity contribution >= 4 is 27.2 Å². The van der Waals surface area contributed by atoms with Gasteiger partial charge < -0.3 is 5.73 Å². The van der Waals surface area contributed by atoms with Gasteiger partial charge in [-0.1, -0.05) is 6.07 Å². The molecule has 2 aromatic rings. The molecule has 0 aliphatic heterocycles. The minimum atomic E-state index is -3.51. The van der Waals surface area contributed by atoms with E-state index >= 15 is 0 Å². The Morgan fingerprint density at radius 1 is 1.35 bits per heavy atom.